The van der Waals surface area contributed by atoms with Crippen LogP contribution in [0.3, 0.4) is 0 Å². The van der Waals surface area contributed by atoms with Gasteiger partial charge in [0, 0.05) is 37.3 Å². The molecule has 1 N–H and O–H groups in total. The second-order valence-electron chi connectivity index (χ2n) is 5.30. The first kappa shape index (κ1) is 16.3. The zero-order valence-electron chi connectivity index (χ0n) is 13.1. The molecule has 4 heteroatoms. The fourth-order valence-corrected chi connectivity index (χ4v) is 2.69. The highest BCUT2D eigenvalue weighted by Crippen LogP contribution is 2.13. The Hall–Kier alpha value is -2.07. The number of carbonyl (C=O) groups excluding carboxylic acids is 1. The van der Waals surface area contributed by atoms with Crippen molar-refractivity contribution in [2.45, 2.75) is 12.8 Å². The molecule has 0 fully saturated rings. The summed E-state index contributed by atoms with van der Waals surface area (Å²) in [7, 11) is 4.07. The average molecular weight is 314 g/mol. The highest BCUT2D eigenvalue weighted by Gasteiger charge is 1.98. The molecule has 22 heavy (non-hydrogen) atoms. The van der Waals surface area contributed by atoms with Gasteiger partial charge in [-0.3, -0.25) is 4.79 Å². The fourth-order valence-electron chi connectivity index (χ4n) is 2.07. The van der Waals surface area contributed by atoms with E-state index in [1.165, 1.54) is 11.3 Å². The zero-order chi connectivity index (χ0) is 15.8. The smallest absolute Gasteiger partial charge is 0.244 e. The maximum absolute atomic E-state index is 11.7. The molecule has 0 aliphatic heterocycles. The van der Waals surface area contributed by atoms with E-state index in [1.807, 2.05) is 37.7 Å². The number of thiophene rings is 1. The molecule has 1 aromatic heterocycles. The number of rotatable bonds is 7. The molecule has 0 bridgehead atoms. The monoisotopic (exact) mass is 314 g/mol. The molecule has 1 amide bonds. The number of hydrogen-bond acceptors (Lipinski definition) is 3. The Kier molecular flexibility index (Phi) is 6.22. The summed E-state index contributed by atoms with van der Waals surface area (Å²) < 4.78 is 0. The molecule has 2 rings (SSSR count). The van der Waals surface area contributed by atoms with E-state index in [-0.39, 0.29) is 5.91 Å². The minimum atomic E-state index is -0.0312. The van der Waals surface area contributed by atoms with Crippen LogP contribution in [0, 0.1) is 0 Å². The lowest BCUT2D eigenvalue weighted by atomic mass is 10.1. The van der Waals surface area contributed by atoms with E-state index in [0.717, 1.165) is 17.7 Å². The van der Waals surface area contributed by atoms with Crippen LogP contribution in [-0.4, -0.2) is 26.5 Å². The summed E-state index contributed by atoms with van der Waals surface area (Å²) in [6.07, 6.45) is 5.36. The van der Waals surface area contributed by atoms with Crippen molar-refractivity contribution in [2.24, 2.45) is 0 Å². The van der Waals surface area contributed by atoms with Crippen LogP contribution in [0.25, 0.3) is 6.08 Å². The Morgan fingerprint density at radius 2 is 2.00 bits per heavy atom. The number of benzene rings is 1. The van der Waals surface area contributed by atoms with Crippen molar-refractivity contribution < 1.29 is 4.79 Å². The second-order valence-corrected chi connectivity index (χ2v) is 6.28. The topological polar surface area (TPSA) is 32.3 Å². The van der Waals surface area contributed by atoms with Gasteiger partial charge in [0.2, 0.25) is 5.91 Å². The minimum absolute atomic E-state index is 0.0312. The van der Waals surface area contributed by atoms with Gasteiger partial charge < -0.3 is 10.2 Å². The van der Waals surface area contributed by atoms with Gasteiger partial charge in [0.1, 0.15) is 0 Å². The SMILES string of the molecule is CN(C)c1ccc(CCCNC(=O)C=Cc2cccs2)cc1. The lowest BCUT2D eigenvalue weighted by Crippen LogP contribution is -2.22. The first-order valence-corrected chi connectivity index (χ1v) is 8.29. The van der Waals surface area contributed by atoms with Crippen molar-refractivity contribution >= 4 is 29.0 Å². The van der Waals surface area contributed by atoms with Crippen molar-refractivity contribution in [2.75, 3.05) is 25.5 Å². The number of hydrogen-bond donors (Lipinski definition) is 1. The van der Waals surface area contributed by atoms with E-state index in [0.29, 0.717) is 6.54 Å². The van der Waals surface area contributed by atoms with Crippen LogP contribution in [0.5, 0.6) is 0 Å². The minimum Gasteiger partial charge on any atom is -0.378 e. The number of nitrogens with zero attached hydrogens (tertiary/aromatic N) is 1. The van der Waals surface area contributed by atoms with Gasteiger partial charge in [-0.2, -0.15) is 0 Å². The third kappa shape index (κ3) is 5.37. The maximum Gasteiger partial charge on any atom is 0.244 e. The van der Waals surface area contributed by atoms with Crippen LogP contribution in [0.2, 0.25) is 0 Å². The van der Waals surface area contributed by atoms with Crippen LogP contribution in [0.4, 0.5) is 5.69 Å². The molecular weight excluding hydrogens is 292 g/mol. The Morgan fingerprint density at radius 1 is 1.23 bits per heavy atom. The number of aryl methyl sites for hydroxylation is 1. The molecule has 3 nitrogen and oxygen atoms in total. The summed E-state index contributed by atoms with van der Waals surface area (Å²) in [6.45, 7) is 0.697. The van der Waals surface area contributed by atoms with Crippen molar-refractivity contribution in [1.82, 2.24) is 5.32 Å². The second kappa shape index (κ2) is 8.39. The van der Waals surface area contributed by atoms with Crippen LogP contribution in [0.15, 0.2) is 47.9 Å². The van der Waals surface area contributed by atoms with Crippen LogP contribution in [-0.2, 0) is 11.2 Å². The standard InChI is InChI=1S/C18H22N2OS/c1-20(2)16-9-7-15(8-10-16)5-3-13-19-18(21)12-11-17-6-4-14-22-17/h4,6-12,14H,3,5,13H2,1-2H3,(H,19,21). The van der Waals surface area contributed by atoms with E-state index in [4.69, 9.17) is 0 Å². The molecular formula is C18H22N2OS. The molecule has 1 aromatic carbocycles. The first-order chi connectivity index (χ1) is 10.6. The fraction of sp³-hybridized carbons (Fsp3) is 0.278. The van der Waals surface area contributed by atoms with Crippen LogP contribution in [0.1, 0.15) is 16.9 Å². The lowest BCUT2D eigenvalue weighted by molar-refractivity contribution is -0.116. The third-order valence-electron chi connectivity index (χ3n) is 3.34. The normalized spacial score (nSPS) is 10.8. The summed E-state index contributed by atoms with van der Waals surface area (Å²) in [5, 5.41) is 4.91. The molecule has 0 saturated carbocycles. The van der Waals surface area contributed by atoms with E-state index in [2.05, 4.69) is 34.5 Å². The predicted molar refractivity (Wildman–Crippen MR) is 95.5 cm³/mol. The van der Waals surface area contributed by atoms with E-state index in [1.54, 1.807) is 17.4 Å². The highest BCUT2D eigenvalue weighted by molar-refractivity contribution is 7.10. The molecule has 0 aliphatic carbocycles. The van der Waals surface area contributed by atoms with Gasteiger partial charge in [0.25, 0.3) is 0 Å². The van der Waals surface area contributed by atoms with Crippen molar-refractivity contribution in [1.29, 1.82) is 0 Å². The quantitative estimate of drug-likeness (QED) is 0.626. The van der Waals surface area contributed by atoms with Crippen LogP contribution >= 0.6 is 11.3 Å². The van der Waals surface area contributed by atoms with Gasteiger partial charge in [-0.15, -0.1) is 11.3 Å². The van der Waals surface area contributed by atoms with E-state index < -0.39 is 0 Å². The summed E-state index contributed by atoms with van der Waals surface area (Å²) in [5.41, 5.74) is 2.50. The Labute approximate surface area is 136 Å². The largest absolute Gasteiger partial charge is 0.378 e. The highest BCUT2D eigenvalue weighted by atomic mass is 32.1. The predicted octanol–water partition coefficient (Wildman–Crippen LogP) is 3.58. The summed E-state index contributed by atoms with van der Waals surface area (Å²) in [5.74, 6) is -0.0312. The Bertz CT molecular complexity index is 601. The molecule has 2 aromatic rings. The Morgan fingerprint density at radius 3 is 2.64 bits per heavy atom. The van der Waals surface area contributed by atoms with Gasteiger partial charge in [-0.05, 0) is 48.1 Å². The number of amides is 1. The van der Waals surface area contributed by atoms with Crippen molar-refractivity contribution in [3.63, 3.8) is 0 Å². The maximum atomic E-state index is 11.7. The molecule has 0 aliphatic rings. The third-order valence-corrected chi connectivity index (χ3v) is 4.17. The van der Waals surface area contributed by atoms with E-state index >= 15 is 0 Å². The van der Waals surface area contributed by atoms with Crippen molar-refractivity contribution in [3.05, 3.63) is 58.3 Å². The summed E-state index contributed by atoms with van der Waals surface area (Å²) >= 11 is 1.62. The summed E-state index contributed by atoms with van der Waals surface area (Å²) in [6, 6.07) is 12.5. The van der Waals surface area contributed by atoms with Gasteiger partial charge in [0.15, 0.2) is 0 Å². The number of nitrogens with one attached hydrogen (secondary N) is 1. The average Bonchev–Trinajstić information content (AvgIpc) is 3.03. The van der Waals surface area contributed by atoms with Gasteiger partial charge in [0.05, 0.1) is 0 Å². The molecule has 0 saturated heterocycles. The van der Waals surface area contributed by atoms with Crippen molar-refractivity contribution in [3.8, 4) is 0 Å². The lowest BCUT2D eigenvalue weighted by Gasteiger charge is -2.12. The number of carbonyl (C=O) groups is 1. The molecule has 0 atom stereocenters. The summed E-state index contributed by atoms with van der Waals surface area (Å²) in [4.78, 5) is 14.9. The van der Waals surface area contributed by atoms with Gasteiger partial charge in [-0.1, -0.05) is 18.2 Å². The Balaban J connectivity index is 1.67. The molecule has 1 heterocycles. The number of anilines is 1. The molecule has 0 radical (unpaired) electrons. The van der Waals surface area contributed by atoms with Gasteiger partial charge >= 0.3 is 0 Å². The van der Waals surface area contributed by atoms with Gasteiger partial charge in [-0.25, -0.2) is 0 Å². The molecule has 116 valence electrons. The van der Waals surface area contributed by atoms with E-state index in [9.17, 15) is 4.79 Å². The van der Waals surface area contributed by atoms with Crippen LogP contribution < -0.4 is 10.2 Å². The molecule has 0 spiro atoms. The zero-order valence-corrected chi connectivity index (χ0v) is 13.9. The first-order valence-electron chi connectivity index (χ1n) is 7.41. The molecule has 0 unspecified atom stereocenters.